The summed E-state index contributed by atoms with van der Waals surface area (Å²) >= 11 is 0. The van der Waals surface area contributed by atoms with Gasteiger partial charge in [-0.25, -0.2) is 0 Å². The quantitative estimate of drug-likeness (QED) is 0.766. The zero-order valence-corrected chi connectivity index (χ0v) is 10.7. The van der Waals surface area contributed by atoms with Gasteiger partial charge in [-0.05, 0) is 24.7 Å². The molecule has 0 spiro atoms. The average Bonchev–Trinajstić information content (AvgIpc) is 2.22. The second-order valence-corrected chi connectivity index (χ2v) is 5.58. The first kappa shape index (κ1) is 12.3. The Kier molecular flexibility index (Phi) is 4.62. The third-order valence-electron chi connectivity index (χ3n) is 4.08. The van der Waals surface area contributed by atoms with Crippen LogP contribution in [0.15, 0.2) is 0 Å². The molecule has 1 saturated carbocycles. The fourth-order valence-corrected chi connectivity index (χ4v) is 2.62. The lowest BCUT2D eigenvalue weighted by molar-refractivity contribution is 0.0371. The first-order valence-electron chi connectivity index (χ1n) is 6.79. The Bertz CT molecular complexity index is 196. The van der Waals surface area contributed by atoms with Crippen LogP contribution in [0.5, 0.6) is 0 Å². The fraction of sp³-hybridized carbons (Fsp3) is 1.00. The second kappa shape index (κ2) is 5.99. The highest BCUT2D eigenvalue weighted by Gasteiger charge is 2.30. The van der Waals surface area contributed by atoms with E-state index in [9.17, 15) is 0 Å². The normalized spacial score (nSPS) is 31.7. The van der Waals surface area contributed by atoms with Crippen LogP contribution in [0.4, 0.5) is 0 Å². The first-order valence-corrected chi connectivity index (χ1v) is 6.79. The van der Waals surface area contributed by atoms with Crippen LogP contribution in [0.3, 0.4) is 0 Å². The van der Waals surface area contributed by atoms with Crippen molar-refractivity contribution in [3.05, 3.63) is 0 Å². The molecule has 3 heteroatoms. The minimum Gasteiger partial charge on any atom is -0.379 e. The molecule has 1 aliphatic carbocycles. The van der Waals surface area contributed by atoms with E-state index in [1.165, 1.54) is 19.4 Å². The van der Waals surface area contributed by atoms with Gasteiger partial charge in [-0.2, -0.15) is 0 Å². The molecule has 2 rings (SSSR count). The molecule has 0 aromatic heterocycles. The lowest BCUT2D eigenvalue weighted by atomic mass is 9.74. The molecule has 3 nitrogen and oxygen atoms in total. The Morgan fingerprint density at radius 2 is 1.94 bits per heavy atom. The van der Waals surface area contributed by atoms with Crippen molar-refractivity contribution in [3.63, 3.8) is 0 Å². The summed E-state index contributed by atoms with van der Waals surface area (Å²) in [4.78, 5) is 2.50. The van der Waals surface area contributed by atoms with Crippen LogP contribution in [0.2, 0.25) is 0 Å². The number of rotatable bonds is 5. The number of hydrogen-bond acceptors (Lipinski definition) is 3. The van der Waals surface area contributed by atoms with E-state index in [1.54, 1.807) is 0 Å². The Morgan fingerprint density at radius 3 is 2.56 bits per heavy atom. The van der Waals surface area contributed by atoms with E-state index in [2.05, 4.69) is 24.1 Å². The van der Waals surface area contributed by atoms with Crippen molar-refractivity contribution in [2.75, 3.05) is 39.4 Å². The summed E-state index contributed by atoms with van der Waals surface area (Å²) in [5, 5.41) is 3.67. The molecular weight excluding hydrogens is 200 g/mol. The fourth-order valence-electron chi connectivity index (χ4n) is 2.62. The van der Waals surface area contributed by atoms with Crippen molar-refractivity contribution < 1.29 is 4.74 Å². The molecule has 1 N–H and O–H groups in total. The summed E-state index contributed by atoms with van der Waals surface area (Å²) in [6.45, 7) is 11.1. The molecule has 1 aliphatic heterocycles. The van der Waals surface area contributed by atoms with Gasteiger partial charge in [0.25, 0.3) is 0 Å². The van der Waals surface area contributed by atoms with E-state index in [0.717, 1.165) is 50.7 Å². The van der Waals surface area contributed by atoms with Crippen molar-refractivity contribution in [1.29, 1.82) is 0 Å². The molecule has 0 atom stereocenters. The van der Waals surface area contributed by atoms with Gasteiger partial charge < -0.3 is 10.1 Å². The highest BCUT2D eigenvalue weighted by Crippen LogP contribution is 2.33. The molecule has 2 fully saturated rings. The van der Waals surface area contributed by atoms with E-state index in [-0.39, 0.29) is 0 Å². The van der Waals surface area contributed by atoms with E-state index in [0.29, 0.717) is 0 Å². The molecule has 0 radical (unpaired) electrons. The summed E-state index contributed by atoms with van der Waals surface area (Å²) in [5.74, 6) is 1.85. The number of hydrogen-bond donors (Lipinski definition) is 1. The topological polar surface area (TPSA) is 24.5 Å². The van der Waals surface area contributed by atoms with Gasteiger partial charge >= 0.3 is 0 Å². The maximum Gasteiger partial charge on any atom is 0.0594 e. The molecule has 0 bridgehead atoms. The third-order valence-corrected chi connectivity index (χ3v) is 4.08. The molecule has 1 saturated heterocycles. The zero-order chi connectivity index (χ0) is 11.4. The summed E-state index contributed by atoms with van der Waals surface area (Å²) in [6, 6.07) is 0.799. The van der Waals surface area contributed by atoms with Crippen molar-refractivity contribution >= 4 is 0 Å². The standard InChI is InChI=1S/C13H26N2O/c1-11(2)12-9-13(10-12)14-3-4-15-5-7-16-8-6-15/h11-14H,3-10H2,1-2H3. The highest BCUT2D eigenvalue weighted by molar-refractivity contribution is 4.86. The molecule has 0 amide bonds. The summed E-state index contributed by atoms with van der Waals surface area (Å²) in [5.41, 5.74) is 0. The Hall–Kier alpha value is -0.120. The second-order valence-electron chi connectivity index (χ2n) is 5.58. The van der Waals surface area contributed by atoms with E-state index in [1.807, 2.05) is 0 Å². The van der Waals surface area contributed by atoms with Gasteiger partial charge in [0.15, 0.2) is 0 Å². The lowest BCUT2D eigenvalue weighted by Crippen LogP contribution is -2.47. The first-order chi connectivity index (χ1) is 7.75. The van der Waals surface area contributed by atoms with Crippen molar-refractivity contribution in [2.45, 2.75) is 32.7 Å². The predicted octanol–water partition coefficient (Wildman–Crippen LogP) is 1.34. The molecule has 0 aromatic rings. The van der Waals surface area contributed by atoms with Gasteiger partial charge in [0, 0.05) is 32.2 Å². The van der Waals surface area contributed by atoms with E-state index >= 15 is 0 Å². The zero-order valence-electron chi connectivity index (χ0n) is 10.7. The van der Waals surface area contributed by atoms with Crippen molar-refractivity contribution in [1.82, 2.24) is 10.2 Å². The van der Waals surface area contributed by atoms with Gasteiger partial charge in [-0.1, -0.05) is 13.8 Å². The van der Waals surface area contributed by atoms with Gasteiger partial charge in [0.1, 0.15) is 0 Å². The predicted molar refractivity (Wildman–Crippen MR) is 66.6 cm³/mol. The van der Waals surface area contributed by atoms with Gasteiger partial charge in [0.2, 0.25) is 0 Å². The van der Waals surface area contributed by atoms with Crippen LogP contribution >= 0.6 is 0 Å². The van der Waals surface area contributed by atoms with Crippen LogP contribution in [0.1, 0.15) is 26.7 Å². The summed E-state index contributed by atoms with van der Waals surface area (Å²) in [6.07, 6.45) is 2.78. The Balaban J connectivity index is 1.49. The summed E-state index contributed by atoms with van der Waals surface area (Å²) in [7, 11) is 0. The van der Waals surface area contributed by atoms with Crippen LogP contribution in [-0.4, -0.2) is 50.3 Å². The molecule has 0 aromatic carbocycles. The molecule has 94 valence electrons. The van der Waals surface area contributed by atoms with Gasteiger partial charge in [0.05, 0.1) is 13.2 Å². The van der Waals surface area contributed by atoms with Crippen LogP contribution in [0, 0.1) is 11.8 Å². The minimum absolute atomic E-state index is 0.799. The molecule has 16 heavy (non-hydrogen) atoms. The number of nitrogens with one attached hydrogen (secondary N) is 1. The monoisotopic (exact) mass is 226 g/mol. The van der Waals surface area contributed by atoms with E-state index in [4.69, 9.17) is 4.74 Å². The highest BCUT2D eigenvalue weighted by atomic mass is 16.5. The van der Waals surface area contributed by atoms with Crippen LogP contribution in [-0.2, 0) is 4.74 Å². The summed E-state index contributed by atoms with van der Waals surface area (Å²) < 4.78 is 5.34. The molecule has 1 heterocycles. The largest absolute Gasteiger partial charge is 0.379 e. The van der Waals surface area contributed by atoms with Crippen LogP contribution in [0.25, 0.3) is 0 Å². The number of morpholine rings is 1. The molecular formula is C13H26N2O. The number of ether oxygens (including phenoxy) is 1. The van der Waals surface area contributed by atoms with Gasteiger partial charge in [-0.3, -0.25) is 4.90 Å². The average molecular weight is 226 g/mol. The smallest absolute Gasteiger partial charge is 0.0594 e. The maximum atomic E-state index is 5.34. The van der Waals surface area contributed by atoms with Crippen molar-refractivity contribution in [2.24, 2.45) is 11.8 Å². The molecule has 0 unspecified atom stereocenters. The Labute approximate surface area is 99.5 Å². The third kappa shape index (κ3) is 3.44. The van der Waals surface area contributed by atoms with Gasteiger partial charge in [-0.15, -0.1) is 0 Å². The minimum atomic E-state index is 0.799. The van der Waals surface area contributed by atoms with Crippen LogP contribution < -0.4 is 5.32 Å². The number of nitrogens with zero attached hydrogens (tertiary/aromatic N) is 1. The van der Waals surface area contributed by atoms with E-state index < -0.39 is 0 Å². The van der Waals surface area contributed by atoms with Crippen molar-refractivity contribution in [3.8, 4) is 0 Å². The lowest BCUT2D eigenvalue weighted by Gasteiger charge is -2.39. The Morgan fingerprint density at radius 1 is 1.25 bits per heavy atom. The molecule has 2 aliphatic rings. The maximum absolute atomic E-state index is 5.34. The SMILES string of the molecule is CC(C)C1CC(NCCN2CCOCC2)C1.